The molecular formula is C52H94N12O15. The molecule has 0 radical (unpaired) electrons. The second-order valence-electron chi connectivity index (χ2n) is 21.0. The van der Waals surface area contributed by atoms with Crippen LogP contribution in [0.1, 0.15) is 138 Å². The van der Waals surface area contributed by atoms with Gasteiger partial charge in [0.2, 0.25) is 47.3 Å². The fraction of sp³-hybridized carbons (Fsp3) is 0.788. The number of carbonyl (C=O) groups excluding carboxylic acids is 11. The van der Waals surface area contributed by atoms with Crippen LogP contribution in [-0.4, -0.2) is 185 Å². The lowest BCUT2D eigenvalue weighted by Gasteiger charge is -2.28. The molecule has 0 spiro atoms. The molecule has 1 fully saturated rings. The summed E-state index contributed by atoms with van der Waals surface area (Å²) in [5.74, 6) is -13.1. The Labute approximate surface area is 463 Å². The van der Waals surface area contributed by atoms with Crippen molar-refractivity contribution in [3.63, 3.8) is 0 Å². The van der Waals surface area contributed by atoms with E-state index in [1.54, 1.807) is 13.8 Å². The molecule has 0 aliphatic carbocycles. The topological polar surface area (TPSA) is 469 Å². The summed E-state index contributed by atoms with van der Waals surface area (Å²) >= 11 is 0. The molecule has 20 N–H and O–H groups in total. The lowest BCUT2D eigenvalue weighted by Crippen LogP contribution is -2.61. The Bertz CT molecular complexity index is 1990. The van der Waals surface area contributed by atoms with Crippen molar-refractivity contribution in [2.45, 2.75) is 198 Å². The number of unbranched alkanes of at least 4 members (excludes halogenated alkanes) is 4. The van der Waals surface area contributed by atoms with Crippen LogP contribution in [0.3, 0.4) is 0 Å². The fourth-order valence-electron chi connectivity index (χ4n) is 8.95. The molecule has 1 heterocycles. The summed E-state index contributed by atoms with van der Waals surface area (Å²) in [6.45, 7) is 7.22. The van der Waals surface area contributed by atoms with Gasteiger partial charge in [-0.05, 0) is 97.8 Å². The van der Waals surface area contributed by atoms with E-state index in [9.17, 15) is 73.2 Å². The quantitative estimate of drug-likeness (QED) is 0.0314. The molecular weight excluding hydrogens is 1030 g/mol. The zero-order valence-electron chi connectivity index (χ0n) is 47.0. The van der Waals surface area contributed by atoms with Crippen LogP contribution in [0.2, 0.25) is 0 Å². The summed E-state index contributed by atoms with van der Waals surface area (Å²) in [6.07, 6.45) is -2.13. The number of nitrogens with two attached hydrogens (primary N) is 4. The lowest BCUT2D eigenvalue weighted by atomic mass is 9.89. The molecule has 0 bridgehead atoms. The Kier molecular flexibility index (Phi) is 34.5. The van der Waals surface area contributed by atoms with Crippen LogP contribution < -0.4 is 65.5 Å². The molecule has 0 aromatic carbocycles. The normalized spacial score (nSPS) is 24.0. The minimum Gasteiger partial charge on any atom is -0.394 e. The molecule has 27 heteroatoms. The van der Waals surface area contributed by atoms with Gasteiger partial charge in [-0.25, -0.2) is 0 Å². The molecule has 8 amide bonds. The second-order valence-corrected chi connectivity index (χ2v) is 21.0. The Balaban J connectivity index is 3.76. The molecule has 79 heavy (non-hydrogen) atoms. The number of aliphatic hydroxyl groups excluding tert-OH is 4. The highest BCUT2D eigenvalue weighted by Gasteiger charge is 2.38. The number of Topliss-reactive ketones (excluding diaryl/α,β-unsaturated/α-hetero) is 3. The fourth-order valence-corrected chi connectivity index (χ4v) is 8.95. The summed E-state index contributed by atoms with van der Waals surface area (Å²) in [5.41, 5.74) is 23.2. The number of hydrogen-bond donors (Lipinski definition) is 16. The molecule has 452 valence electrons. The Morgan fingerprint density at radius 3 is 1.66 bits per heavy atom. The number of aliphatic hydroxyl groups is 4. The third kappa shape index (κ3) is 26.1. The molecule has 1 rings (SSSR count). The van der Waals surface area contributed by atoms with Gasteiger partial charge < -0.3 is 85.9 Å². The van der Waals surface area contributed by atoms with E-state index < -0.39 is 170 Å². The molecule has 1 aliphatic rings. The van der Waals surface area contributed by atoms with Crippen molar-refractivity contribution in [3.8, 4) is 0 Å². The van der Waals surface area contributed by atoms with Crippen LogP contribution in [0.25, 0.3) is 0 Å². The van der Waals surface area contributed by atoms with Gasteiger partial charge in [0.25, 0.3) is 0 Å². The summed E-state index contributed by atoms with van der Waals surface area (Å²) in [7, 11) is 0. The third-order valence-corrected chi connectivity index (χ3v) is 13.5. The van der Waals surface area contributed by atoms with Crippen molar-refractivity contribution in [2.75, 3.05) is 39.3 Å². The largest absolute Gasteiger partial charge is 0.394 e. The van der Waals surface area contributed by atoms with Gasteiger partial charge in [-0.1, -0.05) is 46.5 Å². The van der Waals surface area contributed by atoms with Crippen molar-refractivity contribution in [3.05, 3.63) is 0 Å². The maximum atomic E-state index is 14.2. The highest BCUT2D eigenvalue weighted by atomic mass is 16.3. The van der Waals surface area contributed by atoms with Gasteiger partial charge >= 0.3 is 0 Å². The zero-order valence-corrected chi connectivity index (χ0v) is 47.0. The number of hydrogen-bond acceptors (Lipinski definition) is 19. The first-order valence-corrected chi connectivity index (χ1v) is 27.7. The summed E-state index contributed by atoms with van der Waals surface area (Å²) in [5, 5.41) is 62.2. The van der Waals surface area contributed by atoms with E-state index in [2.05, 4.69) is 49.5 Å². The van der Waals surface area contributed by atoms with Gasteiger partial charge in [0, 0.05) is 50.0 Å². The maximum Gasteiger partial charge on any atom is 0.245 e. The van der Waals surface area contributed by atoms with Gasteiger partial charge in [-0.2, -0.15) is 0 Å². The highest BCUT2D eigenvalue weighted by Crippen LogP contribution is 2.20. The predicted molar refractivity (Wildman–Crippen MR) is 290 cm³/mol. The summed E-state index contributed by atoms with van der Waals surface area (Å²) in [6, 6.07) is -11.2. The average molecular weight is 1130 g/mol. The first-order valence-electron chi connectivity index (χ1n) is 27.7. The second kappa shape index (κ2) is 38.2. The van der Waals surface area contributed by atoms with Crippen molar-refractivity contribution in [1.29, 1.82) is 0 Å². The molecule has 27 nitrogen and oxygen atoms in total. The number of carbonyl (C=O) groups is 11. The van der Waals surface area contributed by atoms with Gasteiger partial charge in [0.1, 0.15) is 48.1 Å². The van der Waals surface area contributed by atoms with Crippen LogP contribution in [0.5, 0.6) is 0 Å². The smallest absolute Gasteiger partial charge is 0.245 e. The van der Waals surface area contributed by atoms with Crippen molar-refractivity contribution in [2.24, 2.45) is 46.6 Å². The number of nitrogens with one attached hydrogen (secondary N) is 8. The molecule has 0 aromatic rings. The molecule has 0 saturated carbocycles. The lowest BCUT2D eigenvalue weighted by molar-refractivity contribution is -0.138. The minimum atomic E-state index is -1.71. The van der Waals surface area contributed by atoms with Gasteiger partial charge in [-0.3, -0.25) is 52.7 Å². The first kappa shape index (κ1) is 71.5. The van der Waals surface area contributed by atoms with Crippen molar-refractivity contribution >= 4 is 64.6 Å². The Morgan fingerprint density at radius 1 is 0.620 bits per heavy atom. The molecule has 1 saturated heterocycles. The standard InChI is InChI=1S/C52H94N12O15/c1-7-8-9-10-11-12-35(69)24-32(13-18-53)46(73)62-42(29(4)66)41(71)25-33(14-19-54)45(72)58-38-17-22-57-51(78)43(30(5)67)64-50(77)37(16-21-56)59-48(75)36(15-20-55)60-52(79)44(31(6)68)63-47(74)34(23-28(2)3)26-40(70)39(27-65)61-49(38)76/h28-34,36-39,42-44,65-68H,7-27,53-56H2,1-6H3,(H,57,78)(H,58,72)(H,59,75)(H,60,79)(H,61,76)(H,62,73)(H,63,74)(H,64,77)/t29-,30-,31-,32-,33-,34+,36+,37+,38+,39+,42+,43+,44+/m1/s1. The van der Waals surface area contributed by atoms with Gasteiger partial charge in [0.15, 0.2) is 11.6 Å². The summed E-state index contributed by atoms with van der Waals surface area (Å²) in [4.78, 5) is 151. The third-order valence-electron chi connectivity index (χ3n) is 13.5. The molecule has 0 unspecified atom stereocenters. The van der Waals surface area contributed by atoms with Crippen LogP contribution in [-0.2, 0) is 52.7 Å². The van der Waals surface area contributed by atoms with E-state index in [0.29, 0.717) is 6.42 Å². The SMILES string of the molecule is CCCCCCCC(=O)C[C@@H](CCN)C(=O)N[C@H](C(=O)C[C@@H](CCN)C(=O)N[C@H]1CCNC(=O)[C@H]([C@@H](C)O)NC(=O)[C@H](CCN)NC(=O)[C@H](CCN)NC(=O)[C@H]([C@@H](C)O)NC(=O)[C@@H](CC(C)C)CC(=O)[C@H](CO)NC1=O)[C@@H](C)O. The zero-order chi connectivity index (χ0) is 59.9. The van der Waals surface area contributed by atoms with Crippen LogP contribution in [0.15, 0.2) is 0 Å². The van der Waals surface area contributed by atoms with Crippen LogP contribution >= 0.6 is 0 Å². The van der Waals surface area contributed by atoms with E-state index in [1.807, 2.05) is 0 Å². The number of rotatable bonds is 29. The van der Waals surface area contributed by atoms with Crippen molar-refractivity contribution < 1.29 is 73.2 Å². The van der Waals surface area contributed by atoms with Crippen LogP contribution in [0, 0.1) is 23.7 Å². The van der Waals surface area contributed by atoms with E-state index >= 15 is 0 Å². The highest BCUT2D eigenvalue weighted by molar-refractivity contribution is 5.99. The van der Waals surface area contributed by atoms with E-state index in [4.69, 9.17) is 22.9 Å². The molecule has 0 aromatic heterocycles. The van der Waals surface area contributed by atoms with E-state index in [0.717, 1.165) is 25.7 Å². The first-order chi connectivity index (χ1) is 37.3. The Morgan fingerprint density at radius 2 is 1.14 bits per heavy atom. The number of amides is 8. The van der Waals surface area contributed by atoms with E-state index in [1.165, 1.54) is 20.8 Å². The monoisotopic (exact) mass is 1130 g/mol. The summed E-state index contributed by atoms with van der Waals surface area (Å²) < 4.78 is 0. The predicted octanol–water partition coefficient (Wildman–Crippen LogP) is -4.44. The minimum absolute atomic E-state index is 0.0283. The average Bonchev–Trinajstić information content (AvgIpc) is 3.37. The number of ketones is 3. The van der Waals surface area contributed by atoms with Crippen molar-refractivity contribution in [1.82, 2.24) is 42.5 Å². The Hall–Kier alpha value is -5.55. The van der Waals surface area contributed by atoms with Crippen LogP contribution in [0.4, 0.5) is 0 Å². The van der Waals surface area contributed by atoms with Gasteiger partial charge in [-0.15, -0.1) is 0 Å². The van der Waals surface area contributed by atoms with Gasteiger partial charge in [0.05, 0.1) is 24.9 Å². The molecule has 13 atom stereocenters. The maximum absolute atomic E-state index is 14.2. The molecule has 1 aliphatic heterocycles. The van der Waals surface area contributed by atoms with E-state index in [-0.39, 0.29) is 82.8 Å².